The van der Waals surface area contributed by atoms with E-state index in [1.54, 1.807) is 0 Å². The normalized spacial score (nSPS) is 12.3. The zero-order chi connectivity index (χ0) is 16.0. The van der Waals surface area contributed by atoms with Gasteiger partial charge in [-0.05, 0) is 17.5 Å². The fraction of sp³-hybridized carbons (Fsp3) is 0.222. The van der Waals surface area contributed by atoms with E-state index in [0.717, 1.165) is 11.1 Å². The van der Waals surface area contributed by atoms with Crippen LogP contribution in [0.15, 0.2) is 72.4 Å². The van der Waals surface area contributed by atoms with Crippen molar-refractivity contribution in [1.82, 2.24) is 4.90 Å². The maximum absolute atomic E-state index is 13.3. The number of rotatable bonds is 5. The van der Waals surface area contributed by atoms with Crippen LogP contribution < -0.4 is 0 Å². The maximum Gasteiger partial charge on any atom is 0.430 e. The van der Waals surface area contributed by atoms with Crippen LogP contribution in [-0.4, -0.2) is 18.1 Å². The standard InChI is InChI=1S/C18H18F3N/c1-22(14-16-10-6-3-7-11-16)17(18(19,20)21)13-12-15-8-4-2-5-9-15/h2-11,13H,12,14H2,1H3/b17-13-. The molecule has 0 fully saturated rings. The molecule has 0 atom stereocenters. The van der Waals surface area contributed by atoms with Crippen LogP contribution in [0.5, 0.6) is 0 Å². The summed E-state index contributed by atoms with van der Waals surface area (Å²) in [6.07, 6.45) is -2.86. The van der Waals surface area contributed by atoms with E-state index in [2.05, 4.69) is 0 Å². The number of nitrogens with zero attached hydrogens (tertiary/aromatic N) is 1. The fourth-order valence-electron chi connectivity index (χ4n) is 2.26. The summed E-state index contributed by atoms with van der Waals surface area (Å²) in [6, 6.07) is 18.3. The molecule has 0 radical (unpaired) electrons. The van der Waals surface area contributed by atoms with Gasteiger partial charge >= 0.3 is 6.18 Å². The predicted octanol–water partition coefficient (Wildman–Crippen LogP) is 4.81. The first-order valence-electron chi connectivity index (χ1n) is 7.03. The minimum atomic E-state index is -4.36. The van der Waals surface area contributed by atoms with Crippen molar-refractivity contribution in [2.45, 2.75) is 19.1 Å². The van der Waals surface area contributed by atoms with Crippen LogP contribution >= 0.6 is 0 Å². The lowest BCUT2D eigenvalue weighted by molar-refractivity contribution is -0.110. The molecular formula is C18H18F3N. The minimum absolute atomic E-state index is 0.223. The topological polar surface area (TPSA) is 3.24 Å². The van der Waals surface area contributed by atoms with Crippen LogP contribution in [0.2, 0.25) is 0 Å². The van der Waals surface area contributed by atoms with Gasteiger partial charge in [-0.3, -0.25) is 0 Å². The molecule has 0 aliphatic heterocycles. The molecule has 116 valence electrons. The van der Waals surface area contributed by atoms with E-state index < -0.39 is 11.9 Å². The quantitative estimate of drug-likeness (QED) is 0.766. The summed E-state index contributed by atoms with van der Waals surface area (Å²) < 4.78 is 39.8. The number of alkyl halides is 3. The van der Waals surface area contributed by atoms with E-state index >= 15 is 0 Å². The van der Waals surface area contributed by atoms with E-state index in [-0.39, 0.29) is 13.0 Å². The van der Waals surface area contributed by atoms with Gasteiger partial charge in [-0.1, -0.05) is 66.7 Å². The van der Waals surface area contributed by atoms with E-state index in [1.165, 1.54) is 18.0 Å². The van der Waals surface area contributed by atoms with Crippen LogP contribution in [0.1, 0.15) is 11.1 Å². The Morgan fingerprint density at radius 1 is 0.909 bits per heavy atom. The Balaban J connectivity index is 2.15. The molecule has 0 aromatic heterocycles. The molecule has 1 nitrogen and oxygen atoms in total. The van der Waals surface area contributed by atoms with Crippen molar-refractivity contribution in [2.75, 3.05) is 7.05 Å². The molecule has 0 aliphatic carbocycles. The molecule has 0 aliphatic rings. The van der Waals surface area contributed by atoms with Crippen LogP contribution in [0, 0.1) is 0 Å². The Morgan fingerprint density at radius 3 is 1.91 bits per heavy atom. The SMILES string of the molecule is CN(Cc1ccccc1)/C(=C\Cc1ccccc1)C(F)(F)F. The van der Waals surface area contributed by atoms with Crippen LogP contribution in [-0.2, 0) is 13.0 Å². The van der Waals surface area contributed by atoms with E-state index in [1.807, 2.05) is 60.7 Å². The molecule has 4 heteroatoms. The Labute approximate surface area is 128 Å². The molecule has 22 heavy (non-hydrogen) atoms. The molecule has 2 rings (SSSR count). The molecule has 2 aromatic carbocycles. The molecule has 2 aromatic rings. The summed E-state index contributed by atoms with van der Waals surface area (Å²) in [5.41, 5.74) is 1.09. The molecule has 0 amide bonds. The molecule has 0 saturated heterocycles. The van der Waals surface area contributed by atoms with Crippen LogP contribution in [0.3, 0.4) is 0 Å². The molecule has 0 spiro atoms. The van der Waals surface area contributed by atoms with Crippen molar-refractivity contribution in [3.8, 4) is 0 Å². The van der Waals surface area contributed by atoms with Gasteiger partial charge in [0.1, 0.15) is 5.70 Å². The molecule has 0 saturated carbocycles. The van der Waals surface area contributed by atoms with Crippen molar-refractivity contribution in [3.63, 3.8) is 0 Å². The van der Waals surface area contributed by atoms with Crippen LogP contribution in [0.4, 0.5) is 13.2 Å². The summed E-state index contributed by atoms with van der Waals surface area (Å²) in [4.78, 5) is 1.25. The summed E-state index contributed by atoms with van der Waals surface area (Å²) in [7, 11) is 1.47. The smallest absolute Gasteiger partial charge is 0.367 e. The summed E-state index contributed by atoms with van der Waals surface area (Å²) in [5.74, 6) is 0. The van der Waals surface area contributed by atoms with Gasteiger partial charge in [0, 0.05) is 13.6 Å². The zero-order valence-electron chi connectivity index (χ0n) is 12.3. The molecule has 0 N–H and O–H groups in total. The van der Waals surface area contributed by atoms with Gasteiger partial charge in [-0.2, -0.15) is 13.2 Å². The Kier molecular flexibility index (Phi) is 5.26. The second-order valence-corrected chi connectivity index (χ2v) is 5.12. The van der Waals surface area contributed by atoms with Gasteiger partial charge in [0.2, 0.25) is 0 Å². The Morgan fingerprint density at radius 2 is 1.41 bits per heavy atom. The van der Waals surface area contributed by atoms with E-state index in [9.17, 15) is 13.2 Å². The maximum atomic E-state index is 13.3. The third-order valence-electron chi connectivity index (χ3n) is 3.34. The lowest BCUT2D eigenvalue weighted by Crippen LogP contribution is -2.28. The highest BCUT2D eigenvalue weighted by molar-refractivity contribution is 5.21. The highest BCUT2D eigenvalue weighted by Gasteiger charge is 2.36. The molecular weight excluding hydrogens is 287 g/mol. The third kappa shape index (κ3) is 4.65. The largest absolute Gasteiger partial charge is 0.430 e. The lowest BCUT2D eigenvalue weighted by Gasteiger charge is -2.25. The first-order chi connectivity index (χ1) is 10.5. The van der Waals surface area contributed by atoms with Crippen molar-refractivity contribution in [2.24, 2.45) is 0 Å². The van der Waals surface area contributed by atoms with Gasteiger partial charge in [0.05, 0.1) is 0 Å². The average Bonchev–Trinajstić information content (AvgIpc) is 2.48. The summed E-state index contributed by atoms with van der Waals surface area (Å²) >= 11 is 0. The number of hydrogen-bond donors (Lipinski definition) is 0. The van der Waals surface area contributed by atoms with Crippen molar-refractivity contribution in [3.05, 3.63) is 83.6 Å². The summed E-state index contributed by atoms with van der Waals surface area (Å²) in [5, 5.41) is 0. The van der Waals surface area contributed by atoms with E-state index in [0.29, 0.717) is 0 Å². The monoisotopic (exact) mass is 305 g/mol. The molecule has 0 heterocycles. The number of benzene rings is 2. The average molecular weight is 305 g/mol. The molecule has 0 bridgehead atoms. The number of hydrogen-bond acceptors (Lipinski definition) is 1. The first-order valence-corrected chi connectivity index (χ1v) is 7.03. The fourth-order valence-corrected chi connectivity index (χ4v) is 2.26. The van der Waals surface area contributed by atoms with Gasteiger partial charge in [-0.25, -0.2) is 0 Å². The van der Waals surface area contributed by atoms with Gasteiger partial charge < -0.3 is 4.90 Å². The Hall–Kier alpha value is -2.23. The number of halogens is 3. The Bertz CT molecular complexity index is 603. The van der Waals surface area contributed by atoms with Crippen LogP contribution in [0.25, 0.3) is 0 Å². The van der Waals surface area contributed by atoms with Crippen molar-refractivity contribution >= 4 is 0 Å². The second-order valence-electron chi connectivity index (χ2n) is 5.12. The number of allylic oxidation sites excluding steroid dienone is 2. The minimum Gasteiger partial charge on any atom is -0.367 e. The molecule has 0 unspecified atom stereocenters. The lowest BCUT2D eigenvalue weighted by atomic mass is 10.1. The van der Waals surface area contributed by atoms with E-state index in [4.69, 9.17) is 0 Å². The van der Waals surface area contributed by atoms with Gasteiger partial charge in [0.25, 0.3) is 0 Å². The third-order valence-corrected chi connectivity index (χ3v) is 3.34. The second kappa shape index (κ2) is 7.16. The predicted molar refractivity (Wildman–Crippen MR) is 82.2 cm³/mol. The first kappa shape index (κ1) is 16.1. The highest BCUT2D eigenvalue weighted by atomic mass is 19.4. The summed E-state index contributed by atoms with van der Waals surface area (Å²) in [6.45, 7) is 0.223. The van der Waals surface area contributed by atoms with Gasteiger partial charge in [-0.15, -0.1) is 0 Å². The highest BCUT2D eigenvalue weighted by Crippen LogP contribution is 2.29. The zero-order valence-corrected chi connectivity index (χ0v) is 12.3. The van der Waals surface area contributed by atoms with Gasteiger partial charge in [0.15, 0.2) is 0 Å². The van der Waals surface area contributed by atoms with Crippen molar-refractivity contribution in [1.29, 1.82) is 0 Å². The van der Waals surface area contributed by atoms with Crippen molar-refractivity contribution < 1.29 is 13.2 Å².